The predicted octanol–water partition coefficient (Wildman–Crippen LogP) is 2.11. The van der Waals surface area contributed by atoms with Crippen LogP contribution < -0.4 is 10.0 Å². The number of amides is 1. The molecule has 7 nitrogen and oxygen atoms in total. The molecule has 0 unspecified atom stereocenters. The van der Waals surface area contributed by atoms with Crippen molar-refractivity contribution in [2.45, 2.75) is 24.4 Å². The van der Waals surface area contributed by atoms with E-state index in [9.17, 15) is 18.0 Å². The highest BCUT2D eigenvalue weighted by molar-refractivity contribution is 7.89. The molecule has 1 amide bonds. The molecule has 144 valence electrons. The Balaban J connectivity index is 1.93. The molecule has 0 spiro atoms. The monoisotopic (exact) mass is 410 g/mol. The van der Waals surface area contributed by atoms with Gasteiger partial charge in [0, 0.05) is 11.6 Å². The minimum absolute atomic E-state index is 0.0185. The summed E-state index contributed by atoms with van der Waals surface area (Å²) in [5.74, 6) is -0.930. The Hall–Kier alpha value is -2.42. The summed E-state index contributed by atoms with van der Waals surface area (Å²) in [5.41, 5.74) is 1.15. The van der Waals surface area contributed by atoms with Crippen molar-refractivity contribution in [1.29, 1.82) is 0 Å². The zero-order valence-electron chi connectivity index (χ0n) is 14.7. The lowest BCUT2D eigenvalue weighted by molar-refractivity contribution is -0.122. The summed E-state index contributed by atoms with van der Waals surface area (Å²) in [5, 5.41) is 3.06. The minimum atomic E-state index is -3.84. The average molecular weight is 411 g/mol. The number of benzene rings is 2. The molecule has 0 radical (unpaired) electrons. The highest BCUT2D eigenvalue weighted by Gasteiger charge is 2.21. The first kappa shape index (κ1) is 20.9. The summed E-state index contributed by atoms with van der Waals surface area (Å²) >= 11 is 5.75. The standard InChI is InChI=1S/C18H19ClN2O5S/c1-12(21-27(24,25)16-9-7-15(19)8-10-16)17(22)20-11-13-3-5-14(6-4-13)18(23)26-2/h3-10,12,21H,11H2,1-2H3,(H,20,22)/t12-/m0/s1. The number of carbonyl (C=O) groups is 2. The first-order valence-electron chi connectivity index (χ1n) is 7.96. The highest BCUT2D eigenvalue weighted by atomic mass is 35.5. The van der Waals surface area contributed by atoms with Gasteiger partial charge in [0.1, 0.15) is 0 Å². The molecule has 0 bridgehead atoms. The maximum Gasteiger partial charge on any atom is 0.337 e. The van der Waals surface area contributed by atoms with E-state index < -0.39 is 27.9 Å². The average Bonchev–Trinajstić information content (AvgIpc) is 2.65. The number of carbonyl (C=O) groups excluding carboxylic acids is 2. The fraction of sp³-hybridized carbons (Fsp3) is 0.222. The van der Waals surface area contributed by atoms with Crippen LogP contribution in [0.15, 0.2) is 53.4 Å². The van der Waals surface area contributed by atoms with E-state index in [0.717, 1.165) is 5.56 Å². The van der Waals surface area contributed by atoms with Gasteiger partial charge in [0.25, 0.3) is 0 Å². The fourth-order valence-corrected chi connectivity index (χ4v) is 3.52. The van der Waals surface area contributed by atoms with Crippen molar-refractivity contribution in [1.82, 2.24) is 10.0 Å². The van der Waals surface area contributed by atoms with Crippen molar-refractivity contribution in [3.05, 3.63) is 64.7 Å². The van der Waals surface area contributed by atoms with Gasteiger partial charge in [-0.05, 0) is 48.9 Å². The quantitative estimate of drug-likeness (QED) is 0.681. The third-order valence-corrected chi connectivity index (χ3v) is 5.50. The molecule has 27 heavy (non-hydrogen) atoms. The third-order valence-electron chi connectivity index (χ3n) is 3.69. The summed E-state index contributed by atoms with van der Waals surface area (Å²) in [4.78, 5) is 23.6. The summed E-state index contributed by atoms with van der Waals surface area (Å²) in [6, 6.07) is 11.2. The van der Waals surface area contributed by atoms with E-state index in [0.29, 0.717) is 10.6 Å². The molecule has 0 saturated heterocycles. The van der Waals surface area contributed by atoms with Gasteiger partial charge in [-0.1, -0.05) is 23.7 Å². The van der Waals surface area contributed by atoms with Crippen molar-refractivity contribution in [3.63, 3.8) is 0 Å². The Bertz CT molecular complexity index is 912. The molecule has 1 atom stereocenters. The first-order valence-corrected chi connectivity index (χ1v) is 9.82. The van der Waals surface area contributed by atoms with Crippen molar-refractivity contribution in [2.75, 3.05) is 7.11 Å². The van der Waals surface area contributed by atoms with Gasteiger partial charge in [0.2, 0.25) is 15.9 Å². The number of rotatable bonds is 7. The number of halogens is 1. The fourth-order valence-electron chi connectivity index (χ4n) is 2.19. The zero-order chi connectivity index (χ0) is 20.0. The van der Waals surface area contributed by atoms with Gasteiger partial charge in [-0.25, -0.2) is 13.2 Å². The largest absolute Gasteiger partial charge is 0.465 e. The van der Waals surface area contributed by atoms with Crippen molar-refractivity contribution in [2.24, 2.45) is 0 Å². The van der Waals surface area contributed by atoms with E-state index in [1.807, 2.05) is 0 Å². The van der Waals surface area contributed by atoms with Crippen LogP contribution in [0.25, 0.3) is 0 Å². The number of sulfonamides is 1. The van der Waals surface area contributed by atoms with Crippen molar-refractivity contribution >= 4 is 33.5 Å². The van der Waals surface area contributed by atoms with Gasteiger partial charge in [-0.15, -0.1) is 0 Å². The third kappa shape index (κ3) is 5.78. The molecule has 2 aromatic carbocycles. The molecular formula is C18H19ClN2O5S. The Morgan fingerprint density at radius 2 is 1.67 bits per heavy atom. The number of hydrogen-bond acceptors (Lipinski definition) is 5. The summed E-state index contributed by atoms with van der Waals surface area (Å²) in [7, 11) is -2.55. The van der Waals surface area contributed by atoms with E-state index >= 15 is 0 Å². The van der Waals surface area contributed by atoms with Crippen LogP contribution in [0, 0.1) is 0 Å². The summed E-state index contributed by atoms with van der Waals surface area (Å²) < 4.78 is 31.5. The highest BCUT2D eigenvalue weighted by Crippen LogP contribution is 2.14. The smallest absolute Gasteiger partial charge is 0.337 e. The molecule has 0 aromatic heterocycles. The molecule has 0 saturated carbocycles. The second-order valence-corrected chi connectivity index (χ2v) is 7.85. The lowest BCUT2D eigenvalue weighted by atomic mass is 10.1. The molecule has 2 aromatic rings. The molecule has 2 N–H and O–H groups in total. The van der Waals surface area contributed by atoms with E-state index in [4.69, 9.17) is 11.6 Å². The van der Waals surface area contributed by atoms with Crippen LogP contribution in [-0.2, 0) is 26.1 Å². The van der Waals surface area contributed by atoms with Gasteiger partial charge >= 0.3 is 5.97 Å². The Kier molecular flexibility index (Phi) is 6.95. The van der Waals surface area contributed by atoms with E-state index in [1.165, 1.54) is 38.3 Å². The summed E-state index contributed by atoms with van der Waals surface area (Å²) in [6.45, 7) is 1.64. The molecule has 0 heterocycles. The molecule has 2 rings (SSSR count). The zero-order valence-corrected chi connectivity index (χ0v) is 16.3. The van der Waals surface area contributed by atoms with Crippen LogP contribution in [0.2, 0.25) is 5.02 Å². The van der Waals surface area contributed by atoms with E-state index in [-0.39, 0.29) is 11.4 Å². The number of methoxy groups -OCH3 is 1. The second-order valence-electron chi connectivity index (χ2n) is 5.70. The van der Waals surface area contributed by atoms with E-state index in [2.05, 4.69) is 14.8 Å². The van der Waals surface area contributed by atoms with Crippen molar-refractivity contribution < 1.29 is 22.7 Å². The SMILES string of the molecule is COC(=O)c1ccc(CNC(=O)[C@H](C)NS(=O)(=O)c2ccc(Cl)cc2)cc1. The lowest BCUT2D eigenvalue weighted by Gasteiger charge is -2.14. The van der Waals surface area contributed by atoms with Crippen LogP contribution >= 0.6 is 11.6 Å². The van der Waals surface area contributed by atoms with Gasteiger partial charge < -0.3 is 10.1 Å². The summed E-state index contributed by atoms with van der Waals surface area (Å²) in [6.07, 6.45) is 0. The Morgan fingerprint density at radius 3 is 2.22 bits per heavy atom. The molecule has 0 aliphatic carbocycles. The normalized spacial score (nSPS) is 12.3. The molecule has 0 fully saturated rings. The van der Waals surface area contributed by atoms with Gasteiger partial charge in [-0.3, -0.25) is 4.79 Å². The van der Waals surface area contributed by atoms with Crippen molar-refractivity contribution in [3.8, 4) is 0 Å². The molecule has 9 heteroatoms. The lowest BCUT2D eigenvalue weighted by Crippen LogP contribution is -2.44. The van der Waals surface area contributed by atoms with Crippen LogP contribution in [0.4, 0.5) is 0 Å². The molecule has 0 aliphatic heterocycles. The Labute approximate surface area is 162 Å². The molecular weight excluding hydrogens is 392 g/mol. The van der Waals surface area contributed by atoms with Gasteiger partial charge in [-0.2, -0.15) is 4.72 Å². The van der Waals surface area contributed by atoms with Crippen LogP contribution in [-0.4, -0.2) is 33.4 Å². The van der Waals surface area contributed by atoms with Crippen LogP contribution in [0.3, 0.4) is 0 Å². The number of esters is 1. The maximum atomic E-state index is 12.3. The Morgan fingerprint density at radius 1 is 1.07 bits per heavy atom. The first-order chi connectivity index (χ1) is 12.7. The topological polar surface area (TPSA) is 102 Å². The predicted molar refractivity (Wildman–Crippen MR) is 101 cm³/mol. The van der Waals surface area contributed by atoms with Gasteiger partial charge in [0.15, 0.2) is 0 Å². The van der Waals surface area contributed by atoms with Crippen LogP contribution in [0.1, 0.15) is 22.8 Å². The number of hydrogen-bond donors (Lipinski definition) is 2. The van der Waals surface area contributed by atoms with Crippen LogP contribution in [0.5, 0.6) is 0 Å². The van der Waals surface area contributed by atoms with E-state index in [1.54, 1.807) is 24.3 Å². The second kappa shape index (κ2) is 8.98. The number of nitrogens with one attached hydrogen (secondary N) is 2. The van der Waals surface area contributed by atoms with Gasteiger partial charge in [0.05, 0.1) is 23.6 Å². The maximum absolute atomic E-state index is 12.3. The molecule has 0 aliphatic rings. The minimum Gasteiger partial charge on any atom is -0.465 e. The number of ether oxygens (including phenoxy) is 1.